The number of halogens is 1. The number of carbonyl (C=O) groups excluding carboxylic acids is 3. The van der Waals surface area contributed by atoms with Gasteiger partial charge in [-0.2, -0.15) is 0 Å². The van der Waals surface area contributed by atoms with Gasteiger partial charge in [-0.05, 0) is 61.7 Å². The van der Waals surface area contributed by atoms with Crippen LogP contribution in [0.4, 0.5) is 10.5 Å². The average molecular weight is 469 g/mol. The number of imide groups is 2. The van der Waals surface area contributed by atoms with Gasteiger partial charge in [0.15, 0.2) is 11.5 Å². The Kier molecular flexibility index (Phi) is 7.90. The number of rotatable bonds is 9. The standard InChI is InChI=1S/C25H25ClN2O5/c1-4-8-17-12-16(14-21(32-6-3)22(17)33-11-5-2)13-20-23(29)27-25(31)28(24(20)30)19-10-7-9-18(26)15-19/h4,7,9-10,12-15H,1,5-6,8,11H2,2-3H3,(H,27,29,31)/b20-13+. The fourth-order valence-electron chi connectivity index (χ4n) is 3.38. The number of hydrogen-bond acceptors (Lipinski definition) is 5. The van der Waals surface area contributed by atoms with E-state index in [0.29, 0.717) is 41.7 Å². The Balaban J connectivity index is 2.07. The summed E-state index contributed by atoms with van der Waals surface area (Å²) in [4.78, 5) is 39.0. The molecule has 0 atom stereocenters. The van der Waals surface area contributed by atoms with Gasteiger partial charge in [0.05, 0.1) is 18.9 Å². The fourth-order valence-corrected chi connectivity index (χ4v) is 3.56. The van der Waals surface area contributed by atoms with E-state index in [9.17, 15) is 14.4 Å². The van der Waals surface area contributed by atoms with Crippen LogP contribution in [-0.4, -0.2) is 31.1 Å². The van der Waals surface area contributed by atoms with Crippen molar-refractivity contribution in [1.29, 1.82) is 0 Å². The van der Waals surface area contributed by atoms with Crippen LogP contribution in [0.25, 0.3) is 6.08 Å². The summed E-state index contributed by atoms with van der Waals surface area (Å²) in [5.74, 6) is -0.419. The number of amides is 4. The van der Waals surface area contributed by atoms with Crippen molar-refractivity contribution in [3.05, 3.63) is 70.8 Å². The topological polar surface area (TPSA) is 84.9 Å². The number of carbonyl (C=O) groups is 3. The summed E-state index contributed by atoms with van der Waals surface area (Å²) in [6.07, 6.45) is 4.50. The maximum atomic E-state index is 13.2. The first-order valence-electron chi connectivity index (χ1n) is 10.6. The van der Waals surface area contributed by atoms with E-state index in [0.717, 1.165) is 16.9 Å². The van der Waals surface area contributed by atoms with Gasteiger partial charge in [-0.3, -0.25) is 14.9 Å². The Bertz CT molecular complexity index is 1130. The first-order chi connectivity index (χ1) is 15.9. The van der Waals surface area contributed by atoms with Gasteiger partial charge in [-0.25, -0.2) is 9.69 Å². The third kappa shape index (κ3) is 5.43. The Morgan fingerprint density at radius 3 is 2.58 bits per heavy atom. The van der Waals surface area contributed by atoms with Crippen LogP contribution >= 0.6 is 11.6 Å². The lowest BCUT2D eigenvalue weighted by Crippen LogP contribution is -2.54. The van der Waals surface area contributed by atoms with Crippen LogP contribution in [0.3, 0.4) is 0 Å². The molecule has 8 heteroatoms. The summed E-state index contributed by atoms with van der Waals surface area (Å²) in [7, 11) is 0. The van der Waals surface area contributed by atoms with Crippen LogP contribution in [0.2, 0.25) is 5.02 Å². The van der Waals surface area contributed by atoms with Gasteiger partial charge in [0.25, 0.3) is 11.8 Å². The van der Waals surface area contributed by atoms with Gasteiger partial charge in [0.2, 0.25) is 0 Å². The quantitative estimate of drug-likeness (QED) is 0.320. The third-order valence-electron chi connectivity index (χ3n) is 4.75. The molecule has 3 rings (SSSR count). The van der Waals surface area contributed by atoms with Crippen molar-refractivity contribution < 1.29 is 23.9 Å². The second-order valence-corrected chi connectivity index (χ2v) is 7.66. The molecule has 2 aromatic carbocycles. The first-order valence-corrected chi connectivity index (χ1v) is 11.0. The molecule has 1 aliphatic heterocycles. The summed E-state index contributed by atoms with van der Waals surface area (Å²) < 4.78 is 11.7. The van der Waals surface area contributed by atoms with E-state index < -0.39 is 17.8 Å². The lowest BCUT2D eigenvalue weighted by atomic mass is 10.0. The predicted molar refractivity (Wildman–Crippen MR) is 128 cm³/mol. The molecule has 1 fully saturated rings. The molecule has 0 bridgehead atoms. The number of benzene rings is 2. The summed E-state index contributed by atoms with van der Waals surface area (Å²) in [5, 5.41) is 2.57. The van der Waals surface area contributed by atoms with Crippen LogP contribution in [0.5, 0.6) is 11.5 Å². The van der Waals surface area contributed by atoms with Gasteiger partial charge in [-0.1, -0.05) is 30.7 Å². The van der Waals surface area contributed by atoms with Crippen LogP contribution < -0.4 is 19.7 Å². The Morgan fingerprint density at radius 2 is 1.91 bits per heavy atom. The predicted octanol–water partition coefficient (Wildman–Crippen LogP) is 4.92. The molecular formula is C25H25ClN2O5. The number of barbiturate groups is 1. The summed E-state index contributed by atoms with van der Waals surface area (Å²) in [6, 6.07) is 8.95. The van der Waals surface area contributed by atoms with Crippen LogP contribution in [0.15, 0.2) is 54.6 Å². The van der Waals surface area contributed by atoms with E-state index in [2.05, 4.69) is 11.9 Å². The number of anilines is 1. The zero-order valence-electron chi connectivity index (χ0n) is 18.5. The lowest BCUT2D eigenvalue weighted by molar-refractivity contribution is -0.122. The van der Waals surface area contributed by atoms with E-state index in [1.54, 1.807) is 30.3 Å². The molecule has 7 nitrogen and oxygen atoms in total. The number of nitrogens with zero attached hydrogens (tertiary/aromatic N) is 1. The molecule has 0 spiro atoms. The van der Waals surface area contributed by atoms with Crippen LogP contribution in [0.1, 0.15) is 31.4 Å². The molecule has 0 unspecified atom stereocenters. The van der Waals surface area contributed by atoms with Gasteiger partial charge in [0, 0.05) is 10.6 Å². The molecule has 1 saturated heterocycles. The Labute approximate surface area is 197 Å². The molecule has 1 N–H and O–H groups in total. The summed E-state index contributed by atoms with van der Waals surface area (Å²) in [5.41, 5.74) is 1.43. The van der Waals surface area contributed by atoms with Crippen LogP contribution in [-0.2, 0) is 16.0 Å². The second kappa shape index (κ2) is 10.8. The number of allylic oxidation sites excluding steroid dienone is 1. The first kappa shape index (κ1) is 24.1. The van der Waals surface area contributed by atoms with Crippen molar-refractivity contribution >= 4 is 41.2 Å². The van der Waals surface area contributed by atoms with E-state index in [1.807, 2.05) is 19.9 Å². The van der Waals surface area contributed by atoms with Crippen molar-refractivity contribution in [3.8, 4) is 11.5 Å². The number of urea groups is 1. The highest BCUT2D eigenvalue weighted by Crippen LogP contribution is 2.35. The molecule has 1 heterocycles. The Morgan fingerprint density at radius 1 is 1.12 bits per heavy atom. The van der Waals surface area contributed by atoms with Gasteiger partial charge in [0.1, 0.15) is 5.57 Å². The van der Waals surface area contributed by atoms with E-state index >= 15 is 0 Å². The minimum Gasteiger partial charge on any atom is -0.490 e. The monoisotopic (exact) mass is 468 g/mol. The summed E-state index contributed by atoms with van der Waals surface area (Å²) >= 11 is 6.01. The van der Waals surface area contributed by atoms with Crippen molar-refractivity contribution in [2.45, 2.75) is 26.7 Å². The number of hydrogen-bond donors (Lipinski definition) is 1. The molecule has 33 heavy (non-hydrogen) atoms. The molecule has 4 amide bonds. The Hall–Kier alpha value is -3.58. The average Bonchev–Trinajstić information content (AvgIpc) is 2.76. The molecular weight excluding hydrogens is 444 g/mol. The second-order valence-electron chi connectivity index (χ2n) is 7.22. The molecule has 0 radical (unpaired) electrons. The minimum absolute atomic E-state index is 0.191. The highest BCUT2D eigenvalue weighted by molar-refractivity contribution is 6.39. The van der Waals surface area contributed by atoms with Crippen molar-refractivity contribution in [2.24, 2.45) is 0 Å². The van der Waals surface area contributed by atoms with Gasteiger partial charge in [-0.15, -0.1) is 6.58 Å². The minimum atomic E-state index is -0.838. The molecule has 0 aromatic heterocycles. The van der Waals surface area contributed by atoms with Gasteiger partial charge >= 0.3 is 6.03 Å². The third-order valence-corrected chi connectivity index (χ3v) is 4.98. The number of nitrogens with one attached hydrogen (secondary N) is 1. The molecule has 2 aromatic rings. The van der Waals surface area contributed by atoms with Crippen molar-refractivity contribution in [2.75, 3.05) is 18.1 Å². The summed E-state index contributed by atoms with van der Waals surface area (Å²) in [6.45, 7) is 8.58. The maximum Gasteiger partial charge on any atom is 0.335 e. The zero-order chi connectivity index (χ0) is 24.0. The maximum absolute atomic E-state index is 13.2. The molecule has 0 aliphatic carbocycles. The van der Waals surface area contributed by atoms with Gasteiger partial charge < -0.3 is 9.47 Å². The zero-order valence-corrected chi connectivity index (χ0v) is 19.3. The highest BCUT2D eigenvalue weighted by atomic mass is 35.5. The molecule has 1 aliphatic rings. The number of ether oxygens (including phenoxy) is 2. The van der Waals surface area contributed by atoms with E-state index in [4.69, 9.17) is 21.1 Å². The van der Waals surface area contributed by atoms with Crippen molar-refractivity contribution in [3.63, 3.8) is 0 Å². The normalized spacial score (nSPS) is 14.9. The lowest BCUT2D eigenvalue weighted by Gasteiger charge is -2.26. The van der Waals surface area contributed by atoms with Crippen LogP contribution in [0, 0.1) is 0 Å². The van der Waals surface area contributed by atoms with E-state index in [1.165, 1.54) is 12.1 Å². The largest absolute Gasteiger partial charge is 0.490 e. The van der Waals surface area contributed by atoms with E-state index in [-0.39, 0.29) is 11.3 Å². The molecule has 172 valence electrons. The highest BCUT2D eigenvalue weighted by Gasteiger charge is 2.37. The molecule has 0 saturated carbocycles. The smallest absolute Gasteiger partial charge is 0.335 e. The SMILES string of the molecule is C=CCc1cc(/C=C2\C(=O)NC(=O)N(c3cccc(Cl)c3)C2=O)cc(OCC)c1OCCC. The fraction of sp³-hybridized carbons (Fsp3) is 0.240. The van der Waals surface area contributed by atoms with Crippen molar-refractivity contribution in [1.82, 2.24) is 5.32 Å².